The molecule has 3 heterocycles. The van der Waals surface area contributed by atoms with Crippen molar-refractivity contribution in [2.24, 2.45) is 0 Å². The molecule has 8 heteroatoms. The fourth-order valence-corrected chi connectivity index (χ4v) is 3.12. The Hall–Kier alpha value is -3.42. The van der Waals surface area contributed by atoms with Gasteiger partial charge in [0.05, 0.1) is 13.3 Å². The molecule has 0 spiro atoms. The number of halogens is 1. The van der Waals surface area contributed by atoms with Gasteiger partial charge in [-0.25, -0.2) is 9.37 Å². The van der Waals surface area contributed by atoms with Crippen LogP contribution in [0.25, 0.3) is 11.1 Å². The first kappa shape index (κ1) is 17.0. The van der Waals surface area contributed by atoms with Crippen LogP contribution in [-0.4, -0.2) is 40.8 Å². The van der Waals surface area contributed by atoms with E-state index in [2.05, 4.69) is 20.5 Å². The molecule has 0 aliphatic carbocycles. The summed E-state index contributed by atoms with van der Waals surface area (Å²) in [5.74, 6) is 0.234. The van der Waals surface area contributed by atoms with E-state index >= 15 is 0 Å². The van der Waals surface area contributed by atoms with Gasteiger partial charge in [-0.1, -0.05) is 0 Å². The zero-order valence-electron chi connectivity index (χ0n) is 14.6. The summed E-state index contributed by atoms with van der Waals surface area (Å²) in [6.45, 7) is 0.562. The first-order valence-electron chi connectivity index (χ1n) is 8.52. The molecule has 138 valence electrons. The van der Waals surface area contributed by atoms with E-state index in [9.17, 15) is 9.18 Å². The molecule has 1 atom stereocenters. The largest absolute Gasteiger partial charge is 0.494 e. The molecule has 1 aliphatic heterocycles. The molecule has 3 aromatic rings. The second-order valence-corrected chi connectivity index (χ2v) is 6.22. The first-order chi connectivity index (χ1) is 13.2. The number of nitrogens with one attached hydrogen (secondary N) is 2. The molecule has 1 aliphatic rings. The number of hydrogen-bond donors (Lipinski definition) is 2. The molecule has 1 saturated heterocycles. The molecule has 1 amide bonds. The highest BCUT2D eigenvalue weighted by molar-refractivity contribution is 6.00. The third-order valence-electron chi connectivity index (χ3n) is 4.55. The molecule has 1 unspecified atom stereocenters. The normalized spacial score (nSPS) is 16.6. The van der Waals surface area contributed by atoms with Gasteiger partial charge in [-0.05, 0) is 30.7 Å². The van der Waals surface area contributed by atoms with Crippen LogP contribution in [0.3, 0.4) is 0 Å². The van der Waals surface area contributed by atoms with Gasteiger partial charge < -0.3 is 10.1 Å². The monoisotopic (exact) mass is 367 g/mol. The van der Waals surface area contributed by atoms with E-state index in [0.29, 0.717) is 24.5 Å². The van der Waals surface area contributed by atoms with Crippen molar-refractivity contribution in [2.75, 3.05) is 23.9 Å². The summed E-state index contributed by atoms with van der Waals surface area (Å²) >= 11 is 0. The van der Waals surface area contributed by atoms with Crippen LogP contribution in [0.15, 0.2) is 48.9 Å². The fourth-order valence-electron chi connectivity index (χ4n) is 3.12. The van der Waals surface area contributed by atoms with E-state index < -0.39 is 11.9 Å². The number of aromatic nitrogens is 3. The van der Waals surface area contributed by atoms with Gasteiger partial charge in [-0.15, -0.1) is 0 Å². The lowest BCUT2D eigenvalue weighted by Crippen LogP contribution is -2.33. The van der Waals surface area contributed by atoms with Crippen molar-refractivity contribution >= 4 is 17.4 Å². The Bertz CT molecular complexity index is 943. The van der Waals surface area contributed by atoms with E-state index in [1.807, 2.05) is 12.1 Å². The van der Waals surface area contributed by atoms with Crippen LogP contribution in [0.5, 0.6) is 5.75 Å². The van der Waals surface area contributed by atoms with Gasteiger partial charge in [-0.2, -0.15) is 5.10 Å². The fraction of sp³-hybridized carbons (Fsp3) is 0.211. The molecule has 2 N–H and O–H groups in total. The average molecular weight is 367 g/mol. The zero-order chi connectivity index (χ0) is 18.8. The second kappa shape index (κ2) is 7.06. The maximum absolute atomic E-state index is 13.5. The number of carbonyl (C=O) groups excluding carboxylic acids is 1. The molecule has 2 aromatic heterocycles. The summed E-state index contributed by atoms with van der Waals surface area (Å²) < 4.78 is 18.5. The van der Waals surface area contributed by atoms with E-state index in [1.54, 1.807) is 35.6 Å². The third-order valence-corrected chi connectivity index (χ3v) is 4.55. The topological polar surface area (TPSA) is 83.1 Å². The smallest absolute Gasteiger partial charge is 0.250 e. The van der Waals surface area contributed by atoms with Crippen LogP contribution < -0.4 is 15.0 Å². The lowest BCUT2D eigenvalue weighted by molar-refractivity contribution is -0.117. The summed E-state index contributed by atoms with van der Waals surface area (Å²) in [6, 6.07) is 7.79. The molecule has 7 nitrogen and oxygen atoms in total. The average Bonchev–Trinajstić information content (AvgIpc) is 3.34. The van der Waals surface area contributed by atoms with Gasteiger partial charge in [0, 0.05) is 41.8 Å². The van der Waals surface area contributed by atoms with Crippen molar-refractivity contribution in [3.8, 4) is 16.9 Å². The van der Waals surface area contributed by atoms with Crippen LogP contribution in [0.2, 0.25) is 0 Å². The minimum atomic E-state index is -0.440. The Kier molecular flexibility index (Phi) is 4.45. The summed E-state index contributed by atoms with van der Waals surface area (Å²) in [4.78, 5) is 18.8. The van der Waals surface area contributed by atoms with E-state index in [1.165, 1.54) is 13.2 Å². The number of benzene rings is 1. The van der Waals surface area contributed by atoms with Crippen molar-refractivity contribution < 1.29 is 13.9 Å². The Balaban J connectivity index is 1.47. The highest BCUT2D eigenvalue weighted by Gasteiger charge is 2.33. The van der Waals surface area contributed by atoms with Gasteiger partial charge in [0.2, 0.25) is 0 Å². The molecule has 0 saturated carbocycles. The predicted octanol–water partition coefficient (Wildman–Crippen LogP) is 2.84. The van der Waals surface area contributed by atoms with Gasteiger partial charge in [0.25, 0.3) is 5.91 Å². The van der Waals surface area contributed by atoms with Crippen LogP contribution in [0, 0.1) is 5.82 Å². The predicted molar refractivity (Wildman–Crippen MR) is 99.2 cm³/mol. The van der Waals surface area contributed by atoms with Crippen molar-refractivity contribution in [3.05, 3.63) is 54.7 Å². The molecule has 0 bridgehead atoms. The standard InChI is InChI=1S/C19H18FN5O2/c1-27-17-8-14(3-4-15(17)20)24-16-6-7-25(19(16)26)18-5-2-12(9-21-18)13-10-22-23-11-13/h2-5,8-11,16,24H,6-7H2,1H3,(H,22,23). The van der Waals surface area contributed by atoms with Crippen molar-refractivity contribution in [1.82, 2.24) is 15.2 Å². The molecule has 4 rings (SSSR count). The Morgan fingerprint density at radius 1 is 1.26 bits per heavy atom. The van der Waals surface area contributed by atoms with Gasteiger partial charge in [0.1, 0.15) is 11.9 Å². The van der Waals surface area contributed by atoms with Crippen LogP contribution in [0.4, 0.5) is 15.9 Å². The zero-order valence-corrected chi connectivity index (χ0v) is 14.6. The molecule has 1 aromatic carbocycles. The molecular weight excluding hydrogens is 349 g/mol. The summed E-state index contributed by atoms with van der Waals surface area (Å²) in [6.07, 6.45) is 5.85. The number of rotatable bonds is 5. The van der Waals surface area contributed by atoms with Gasteiger partial charge >= 0.3 is 0 Å². The Morgan fingerprint density at radius 3 is 2.85 bits per heavy atom. The number of aromatic amines is 1. The number of nitrogens with zero attached hydrogens (tertiary/aromatic N) is 3. The third kappa shape index (κ3) is 3.33. The van der Waals surface area contributed by atoms with Crippen LogP contribution in [0.1, 0.15) is 6.42 Å². The number of hydrogen-bond acceptors (Lipinski definition) is 5. The van der Waals surface area contributed by atoms with E-state index in [-0.39, 0.29) is 11.7 Å². The Labute approximate surface area is 155 Å². The number of pyridine rings is 1. The highest BCUT2D eigenvalue weighted by Crippen LogP contribution is 2.26. The number of amides is 1. The first-order valence-corrected chi connectivity index (χ1v) is 8.52. The lowest BCUT2D eigenvalue weighted by atomic mass is 10.2. The minimum Gasteiger partial charge on any atom is -0.494 e. The number of anilines is 2. The van der Waals surface area contributed by atoms with Crippen molar-refractivity contribution in [2.45, 2.75) is 12.5 Å². The number of H-pyrrole nitrogens is 1. The lowest BCUT2D eigenvalue weighted by Gasteiger charge is -2.17. The summed E-state index contributed by atoms with van der Waals surface area (Å²) in [5, 5.41) is 9.83. The van der Waals surface area contributed by atoms with E-state index in [0.717, 1.165) is 11.1 Å². The number of ether oxygens (including phenoxy) is 1. The quantitative estimate of drug-likeness (QED) is 0.725. The maximum Gasteiger partial charge on any atom is 0.250 e. The molecule has 0 radical (unpaired) electrons. The highest BCUT2D eigenvalue weighted by atomic mass is 19.1. The number of methoxy groups -OCH3 is 1. The second-order valence-electron chi connectivity index (χ2n) is 6.22. The minimum absolute atomic E-state index is 0.0677. The summed E-state index contributed by atoms with van der Waals surface area (Å²) in [5.41, 5.74) is 2.50. The molecule has 1 fully saturated rings. The van der Waals surface area contributed by atoms with Crippen LogP contribution in [-0.2, 0) is 4.79 Å². The molecule has 27 heavy (non-hydrogen) atoms. The Morgan fingerprint density at radius 2 is 2.15 bits per heavy atom. The van der Waals surface area contributed by atoms with Gasteiger partial charge in [-0.3, -0.25) is 14.8 Å². The van der Waals surface area contributed by atoms with Crippen molar-refractivity contribution in [1.29, 1.82) is 0 Å². The summed E-state index contributed by atoms with van der Waals surface area (Å²) in [7, 11) is 1.41. The van der Waals surface area contributed by atoms with Gasteiger partial charge in [0.15, 0.2) is 11.6 Å². The van der Waals surface area contributed by atoms with Crippen LogP contribution >= 0.6 is 0 Å². The maximum atomic E-state index is 13.5. The van der Waals surface area contributed by atoms with Crippen molar-refractivity contribution in [3.63, 3.8) is 0 Å². The van der Waals surface area contributed by atoms with E-state index in [4.69, 9.17) is 4.74 Å². The number of carbonyl (C=O) groups is 1. The SMILES string of the molecule is COc1cc(NC2CCN(c3ccc(-c4cn[nH]c4)cn3)C2=O)ccc1F. The molecular formula is C19H18FN5O2.